The molecule has 0 aromatic heterocycles. The zero-order chi connectivity index (χ0) is 18.4. The Labute approximate surface area is 148 Å². The van der Waals surface area contributed by atoms with E-state index in [4.69, 9.17) is 0 Å². The highest BCUT2D eigenvalue weighted by Gasteiger charge is 2.29. The third kappa shape index (κ3) is 6.97. The highest BCUT2D eigenvalue weighted by molar-refractivity contribution is 7.90. The van der Waals surface area contributed by atoms with Crippen LogP contribution in [0.3, 0.4) is 0 Å². The van der Waals surface area contributed by atoms with Crippen molar-refractivity contribution in [3.05, 3.63) is 0 Å². The van der Waals surface area contributed by atoms with E-state index in [1.807, 2.05) is 7.05 Å². The Hall–Kier alpha value is -0.820. The first-order valence-corrected chi connectivity index (χ1v) is 11.0. The van der Waals surface area contributed by atoms with Gasteiger partial charge in [-0.05, 0) is 31.3 Å². The van der Waals surface area contributed by atoms with Gasteiger partial charge in [0.15, 0.2) is 5.96 Å². The van der Waals surface area contributed by atoms with Crippen molar-refractivity contribution in [2.75, 3.05) is 51.8 Å². The molecule has 1 N–H and O–H groups in total. The molecule has 1 rings (SSSR count). The van der Waals surface area contributed by atoms with Crippen molar-refractivity contribution in [3.8, 4) is 0 Å². The molecule has 1 unspecified atom stereocenters. The minimum atomic E-state index is -2.91. The minimum Gasteiger partial charge on any atom is -0.356 e. The molecular weight excluding hydrogens is 324 g/mol. The number of guanidine groups is 1. The number of rotatable bonds is 8. The van der Waals surface area contributed by atoms with E-state index in [1.165, 1.54) is 12.7 Å². The van der Waals surface area contributed by atoms with Crippen LogP contribution in [0.15, 0.2) is 4.99 Å². The normalized spacial score (nSPS) is 20.0. The Bertz CT molecular complexity index is 513. The van der Waals surface area contributed by atoms with Crippen LogP contribution in [0.25, 0.3) is 0 Å². The van der Waals surface area contributed by atoms with Gasteiger partial charge in [-0.25, -0.2) is 8.42 Å². The Kier molecular flexibility index (Phi) is 7.99. The Balaban J connectivity index is 2.54. The number of nitrogens with zero attached hydrogens (tertiary/aromatic N) is 3. The molecule has 1 heterocycles. The largest absolute Gasteiger partial charge is 0.356 e. The molecule has 1 aliphatic heterocycles. The molecule has 1 atom stereocenters. The van der Waals surface area contributed by atoms with Crippen molar-refractivity contribution >= 4 is 15.8 Å². The van der Waals surface area contributed by atoms with Gasteiger partial charge in [0, 0.05) is 39.0 Å². The second-order valence-corrected chi connectivity index (χ2v) is 9.81. The maximum atomic E-state index is 11.4. The first kappa shape index (κ1) is 21.2. The van der Waals surface area contributed by atoms with Crippen LogP contribution in [-0.2, 0) is 9.84 Å². The van der Waals surface area contributed by atoms with Crippen LogP contribution in [0.2, 0.25) is 0 Å². The molecule has 6 nitrogen and oxygen atoms in total. The van der Waals surface area contributed by atoms with Gasteiger partial charge in [0.1, 0.15) is 9.84 Å². The van der Waals surface area contributed by atoms with Crippen molar-refractivity contribution < 1.29 is 8.42 Å². The second-order valence-electron chi connectivity index (χ2n) is 7.55. The lowest BCUT2D eigenvalue weighted by Crippen LogP contribution is -2.45. The molecule has 1 fully saturated rings. The molecule has 1 aliphatic rings. The molecule has 0 spiro atoms. The van der Waals surface area contributed by atoms with Gasteiger partial charge in [-0.15, -0.1) is 0 Å². The quantitative estimate of drug-likeness (QED) is 0.524. The molecule has 142 valence electrons. The molecular formula is C17H36N4O2S. The standard InChI is InChI=1S/C17H36N4O2S/c1-7-20(8-2)15-9-11-21(13-15)16(18-5)19-14-17(3,4)10-12-24(6,22)23/h15H,7-14H2,1-6H3,(H,18,19). The topological polar surface area (TPSA) is 65.0 Å². The van der Waals surface area contributed by atoms with E-state index < -0.39 is 9.84 Å². The summed E-state index contributed by atoms with van der Waals surface area (Å²) >= 11 is 0. The van der Waals surface area contributed by atoms with Crippen molar-refractivity contribution in [2.24, 2.45) is 10.4 Å². The van der Waals surface area contributed by atoms with Crippen molar-refractivity contribution in [1.82, 2.24) is 15.1 Å². The van der Waals surface area contributed by atoms with Gasteiger partial charge in [-0.1, -0.05) is 27.7 Å². The van der Waals surface area contributed by atoms with Crippen LogP contribution >= 0.6 is 0 Å². The van der Waals surface area contributed by atoms with Crippen LogP contribution in [0, 0.1) is 5.41 Å². The van der Waals surface area contributed by atoms with Crippen molar-refractivity contribution in [2.45, 2.75) is 46.6 Å². The lowest BCUT2D eigenvalue weighted by molar-refractivity contribution is 0.223. The molecule has 24 heavy (non-hydrogen) atoms. The maximum absolute atomic E-state index is 11.4. The van der Waals surface area contributed by atoms with Crippen molar-refractivity contribution in [1.29, 1.82) is 0 Å². The van der Waals surface area contributed by atoms with Crippen LogP contribution in [0.1, 0.15) is 40.5 Å². The molecule has 0 aromatic carbocycles. The highest BCUT2D eigenvalue weighted by Crippen LogP contribution is 2.21. The molecule has 0 amide bonds. The zero-order valence-corrected chi connectivity index (χ0v) is 17.1. The third-order valence-electron chi connectivity index (χ3n) is 4.88. The smallest absolute Gasteiger partial charge is 0.193 e. The summed E-state index contributed by atoms with van der Waals surface area (Å²) in [5.74, 6) is 1.16. The summed E-state index contributed by atoms with van der Waals surface area (Å²) < 4.78 is 22.8. The van der Waals surface area contributed by atoms with E-state index in [0.29, 0.717) is 12.5 Å². The fourth-order valence-corrected chi connectivity index (χ4v) is 4.10. The van der Waals surface area contributed by atoms with Crippen LogP contribution in [0.5, 0.6) is 0 Å². The summed E-state index contributed by atoms with van der Waals surface area (Å²) in [6.45, 7) is 13.5. The van der Waals surface area contributed by atoms with Gasteiger partial charge in [-0.3, -0.25) is 9.89 Å². The van der Waals surface area contributed by atoms with Gasteiger partial charge >= 0.3 is 0 Å². The van der Waals surface area contributed by atoms with Gasteiger partial charge in [-0.2, -0.15) is 0 Å². The molecule has 0 bridgehead atoms. The van der Waals surface area contributed by atoms with Gasteiger partial charge in [0.2, 0.25) is 0 Å². The SMILES string of the molecule is CCN(CC)C1CCN(C(=NC)NCC(C)(C)CCS(C)(=O)=O)C1. The first-order chi connectivity index (χ1) is 11.1. The predicted octanol–water partition coefficient (Wildman–Crippen LogP) is 1.44. The fraction of sp³-hybridized carbons (Fsp3) is 0.941. The molecule has 0 aromatic rings. The number of likely N-dealkylation sites (tertiary alicyclic amines) is 1. The number of hydrogen-bond acceptors (Lipinski definition) is 4. The monoisotopic (exact) mass is 360 g/mol. The molecule has 1 saturated heterocycles. The van der Waals surface area contributed by atoms with E-state index in [-0.39, 0.29) is 11.2 Å². The average Bonchev–Trinajstić information content (AvgIpc) is 2.96. The van der Waals surface area contributed by atoms with E-state index in [1.54, 1.807) is 0 Å². The maximum Gasteiger partial charge on any atom is 0.193 e. The Morgan fingerprint density at radius 1 is 1.33 bits per heavy atom. The number of aliphatic imine (C=N–C) groups is 1. The average molecular weight is 361 g/mol. The van der Waals surface area contributed by atoms with Crippen molar-refractivity contribution in [3.63, 3.8) is 0 Å². The summed E-state index contributed by atoms with van der Waals surface area (Å²) in [6.07, 6.45) is 3.12. The van der Waals surface area contributed by atoms with E-state index in [2.05, 4.69) is 47.8 Å². The Morgan fingerprint density at radius 2 is 1.96 bits per heavy atom. The summed E-state index contributed by atoms with van der Waals surface area (Å²) in [7, 11) is -1.10. The highest BCUT2D eigenvalue weighted by atomic mass is 32.2. The van der Waals surface area contributed by atoms with E-state index in [0.717, 1.165) is 38.7 Å². The second kappa shape index (κ2) is 9.04. The van der Waals surface area contributed by atoms with Crippen LogP contribution < -0.4 is 5.32 Å². The van der Waals surface area contributed by atoms with Crippen LogP contribution in [0.4, 0.5) is 0 Å². The number of hydrogen-bond donors (Lipinski definition) is 1. The first-order valence-electron chi connectivity index (χ1n) is 8.99. The molecule has 0 radical (unpaired) electrons. The van der Waals surface area contributed by atoms with Gasteiger partial charge in [0.25, 0.3) is 0 Å². The number of sulfone groups is 1. The number of likely N-dealkylation sites (N-methyl/N-ethyl adjacent to an activating group) is 1. The summed E-state index contributed by atoms with van der Waals surface area (Å²) in [6, 6.07) is 0.594. The summed E-state index contributed by atoms with van der Waals surface area (Å²) in [4.78, 5) is 9.24. The van der Waals surface area contributed by atoms with E-state index >= 15 is 0 Å². The minimum absolute atomic E-state index is 0.0863. The van der Waals surface area contributed by atoms with Crippen LogP contribution in [-0.4, -0.2) is 82.0 Å². The fourth-order valence-electron chi connectivity index (χ4n) is 3.17. The van der Waals surface area contributed by atoms with Gasteiger partial charge in [0.05, 0.1) is 5.75 Å². The molecule has 0 aliphatic carbocycles. The summed E-state index contributed by atoms with van der Waals surface area (Å²) in [5.41, 5.74) is -0.0863. The van der Waals surface area contributed by atoms with Gasteiger partial charge < -0.3 is 10.2 Å². The molecule has 0 saturated carbocycles. The van der Waals surface area contributed by atoms with E-state index in [9.17, 15) is 8.42 Å². The zero-order valence-electron chi connectivity index (χ0n) is 16.3. The Morgan fingerprint density at radius 3 is 2.46 bits per heavy atom. The number of nitrogens with one attached hydrogen (secondary N) is 1. The predicted molar refractivity (Wildman–Crippen MR) is 102 cm³/mol. The lowest BCUT2D eigenvalue weighted by atomic mass is 9.90. The third-order valence-corrected chi connectivity index (χ3v) is 5.82. The molecule has 7 heteroatoms. The summed E-state index contributed by atoms with van der Waals surface area (Å²) in [5, 5.41) is 3.45. The lowest BCUT2D eigenvalue weighted by Gasteiger charge is -2.30.